The Labute approximate surface area is 222 Å². The molecule has 0 spiro atoms. The molecule has 0 heterocycles. The van der Waals surface area contributed by atoms with Crippen molar-refractivity contribution in [1.29, 1.82) is 0 Å². The van der Waals surface area contributed by atoms with Crippen LogP contribution in [0.25, 0.3) is 11.1 Å². The second-order valence-electron chi connectivity index (χ2n) is 9.26. The van der Waals surface area contributed by atoms with E-state index in [1.54, 1.807) is 13.8 Å². The van der Waals surface area contributed by atoms with Crippen LogP contribution >= 0.6 is 0 Å². The minimum absolute atomic E-state index is 0.110. The van der Waals surface area contributed by atoms with Crippen molar-refractivity contribution in [2.24, 2.45) is 0 Å². The number of carbonyl (C=O) groups excluding carboxylic acids is 2. The minimum atomic E-state index is -1.29. The van der Waals surface area contributed by atoms with Crippen LogP contribution in [0.15, 0.2) is 78.9 Å². The molecule has 3 aromatic rings. The van der Waals surface area contributed by atoms with Gasteiger partial charge in [-0.25, -0.2) is 9.59 Å². The number of fused-ring (bicyclic) bond motifs is 3. The zero-order chi connectivity index (χ0) is 27.1. The standard InChI is InChI=1S/C30H32N2O6/c1-3-26(28(33)32-27(29(34)35)19(2)37-17-20-11-5-4-6-12-20)31-30(36)38-18-25-23-15-9-7-13-21(23)22-14-8-10-16-24(22)25/h4-16,19,25-27H,3,17-18H2,1-2H3,(H,31,36)(H,32,33)(H,34,35)/t19-,26+,27+/m1/s1. The number of amides is 2. The number of carboxylic acids is 1. The molecule has 0 saturated carbocycles. The molecular weight excluding hydrogens is 484 g/mol. The second-order valence-corrected chi connectivity index (χ2v) is 9.26. The van der Waals surface area contributed by atoms with Gasteiger partial charge in [-0.05, 0) is 41.2 Å². The van der Waals surface area contributed by atoms with E-state index < -0.39 is 36.2 Å². The zero-order valence-corrected chi connectivity index (χ0v) is 21.4. The quantitative estimate of drug-likeness (QED) is 0.346. The van der Waals surface area contributed by atoms with E-state index in [2.05, 4.69) is 22.8 Å². The van der Waals surface area contributed by atoms with E-state index in [-0.39, 0.29) is 25.6 Å². The van der Waals surface area contributed by atoms with Crippen LogP contribution in [0.4, 0.5) is 4.79 Å². The van der Waals surface area contributed by atoms with Crippen molar-refractivity contribution in [2.45, 2.75) is 51.0 Å². The molecule has 3 atom stereocenters. The topological polar surface area (TPSA) is 114 Å². The lowest BCUT2D eigenvalue weighted by atomic mass is 9.98. The molecule has 8 heteroatoms. The fraction of sp³-hybridized carbons (Fsp3) is 0.300. The SMILES string of the molecule is CC[C@H](NC(=O)OCC1c2ccccc2-c2ccccc21)C(=O)N[C@H](C(=O)O)[C@@H](C)OCc1ccccc1. The Hall–Kier alpha value is -4.17. The van der Waals surface area contributed by atoms with Gasteiger partial charge in [0.1, 0.15) is 12.6 Å². The van der Waals surface area contributed by atoms with E-state index >= 15 is 0 Å². The summed E-state index contributed by atoms with van der Waals surface area (Å²) in [5.41, 5.74) is 5.29. The van der Waals surface area contributed by atoms with Crippen molar-refractivity contribution >= 4 is 18.0 Å². The maximum atomic E-state index is 12.9. The molecule has 0 bridgehead atoms. The van der Waals surface area contributed by atoms with Gasteiger partial charge < -0.3 is 25.2 Å². The lowest BCUT2D eigenvalue weighted by Gasteiger charge is -2.25. The first-order valence-corrected chi connectivity index (χ1v) is 12.7. The average Bonchev–Trinajstić information content (AvgIpc) is 3.26. The summed E-state index contributed by atoms with van der Waals surface area (Å²) in [4.78, 5) is 37.4. The monoisotopic (exact) mass is 516 g/mol. The Morgan fingerprint density at radius 2 is 1.45 bits per heavy atom. The van der Waals surface area contributed by atoms with Crippen molar-refractivity contribution in [3.63, 3.8) is 0 Å². The maximum Gasteiger partial charge on any atom is 0.407 e. The fourth-order valence-electron chi connectivity index (χ4n) is 4.67. The van der Waals surface area contributed by atoms with Crippen LogP contribution in [-0.2, 0) is 25.7 Å². The van der Waals surface area contributed by atoms with Crippen LogP contribution in [-0.4, -0.2) is 47.9 Å². The molecule has 0 aromatic heterocycles. The molecule has 3 aromatic carbocycles. The molecule has 1 aliphatic rings. The normalized spacial score (nSPS) is 14.5. The summed E-state index contributed by atoms with van der Waals surface area (Å²) in [6.45, 7) is 3.62. The van der Waals surface area contributed by atoms with Crippen LogP contribution < -0.4 is 10.6 Å². The first kappa shape index (κ1) is 26.9. The van der Waals surface area contributed by atoms with E-state index in [9.17, 15) is 19.5 Å². The lowest BCUT2D eigenvalue weighted by Crippen LogP contribution is -2.55. The number of rotatable bonds is 11. The van der Waals surface area contributed by atoms with E-state index in [0.717, 1.165) is 27.8 Å². The minimum Gasteiger partial charge on any atom is -0.480 e. The number of alkyl carbamates (subject to hydrolysis) is 1. The molecule has 0 saturated heterocycles. The molecule has 0 radical (unpaired) electrons. The third kappa shape index (κ3) is 6.20. The van der Waals surface area contributed by atoms with Crippen LogP contribution in [0.3, 0.4) is 0 Å². The number of aliphatic carboxylic acids is 1. The number of benzene rings is 3. The van der Waals surface area contributed by atoms with E-state index in [0.29, 0.717) is 0 Å². The van der Waals surface area contributed by atoms with Gasteiger partial charge in [-0.2, -0.15) is 0 Å². The number of carbonyl (C=O) groups is 3. The second kappa shape index (κ2) is 12.4. The predicted octanol–water partition coefficient (Wildman–Crippen LogP) is 4.48. The van der Waals surface area contributed by atoms with Crippen LogP contribution in [0.1, 0.15) is 42.9 Å². The van der Waals surface area contributed by atoms with Crippen molar-refractivity contribution in [3.8, 4) is 11.1 Å². The van der Waals surface area contributed by atoms with Crippen molar-refractivity contribution < 1.29 is 29.0 Å². The van der Waals surface area contributed by atoms with Crippen molar-refractivity contribution in [3.05, 3.63) is 95.6 Å². The summed E-state index contributed by atoms with van der Waals surface area (Å²) in [6.07, 6.45) is -1.29. The van der Waals surface area contributed by atoms with E-state index in [4.69, 9.17) is 9.47 Å². The molecule has 2 amide bonds. The zero-order valence-electron chi connectivity index (χ0n) is 21.4. The smallest absolute Gasteiger partial charge is 0.407 e. The van der Waals surface area contributed by atoms with E-state index in [1.165, 1.54) is 0 Å². The van der Waals surface area contributed by atoms with Gasteiger partial charge in [0.25, 0.3) is 0 Å². The molecular formula is C30H32N2O6. The average molecular weight is 517 g/mol. The number of carboxylic acid groups (broad SMARTS) is 1. The lowest BCUT2D eigenvalue weighted by molar-refractivity contribution is -0.146. The number of ether oxygens (including phenoxy) is 2. The molecule has 0 fully saturated rings. The number of hydrogen-bond donors (Lipinski definition) is 3. The highest BCUT2D eigenvalue weighted by Crippen LogP contribution is 2.44. The Morgan fingerprint density at radius 1 is 0.868 bits per heavy atom. The summed E-state index contributed by atoms with van der Waals surface area (Å²) in [7, 11) is 0. The van der Waals surface area contributed by atoms with Gasteiger partial charge in [-0.3, -0.25) is 4.79 Å². The molecule has 0 aliphatic heterocycles. The van der Waals surface area contributed by atoms with Gasteiger partial charge in [0.2, 0.25) is 5.91 Å². The van der Waals surface area contributed by atoms with Gasteiger partial charge in [-0.1, -0.05) is 85.8 Å². The van der Waals surface area contributed by atoms with E-state index in [1.807, 2.05) is 66.7 Å². The van der Waals surface area contributed by atoms with Crippen molar-refractivity contribution in [1.82, 2.24) is 10.6 Å². The van der Waals surface area contributed by atoms with Crippen LogP contribution in [0.2, 0.25) is 0 Å². The van der Waals surface area contributed by atoms with Gasteiger partial charge in [0, 0.05) is 5.92 Å². The highest BCUT2D eigenvalue weighted by atomic mass is 16.5. The Bertz CT molecular complexity index is 1230. The summed E-state index contributed by atoms with van der Waals surface area (Å²) in [5, 5.41) is 14.8. The molecule has 3 N–H and O–H groups in total. The third-order valence-corrected chi connectivity index (χ3v) is 6.75. The van der Waals surface area contributed by atoms with Gasteiger partial charge in [-0.15, -0.1) is 0 Å². The summed E-state index contributed by atoms with van der Waals surface area (Å²) < 4.78 is 11.2. The number of hydrogen-bond acceptors (Lipinski definition) is 5. The molecule has 4 rings (SSSR count). The first-order valence-electron chi connectivity index (χ1n) is 12.7. The third-order valence-electron chi connectivity index (χ3n) is 6.75. The highest BCUT2D eigenvalue weighted by Gasteiger charge is 2.32. The number of nitrogens with one attached hydrogen (secondary N) is 2. The van der Waals surface area contributed by atoms with Gasteiger partial charge in [0.05, 0.1) is 12.7 Å². The predicted molar refractivity (Wildman–Crippen MR) is 143 cm³/mol. The van der Waals surface area contributed by atoms with Gasteiger partial charge >= 0.3 is 12.1 Å². The Morgan fingerprint density at radius 3 is 2.03 bits per heavy atom. The Balaban J connectivity index is 1.33. The molecule has 0 unspecified atom stereocenters. The molecule has 8 nitrogen and oxygen atoms in total. The fourth-order valence-corrected chi connectivity index (χ4v) is 4.67. The first-order chi connectivity index (χ1) is 18.4. The summed E-state index contributed by atoms with van der Waals surface area (Å²) in [5.74, 6) is -1.96. The van der Waals surface area contributed by atoms with Crippen LogP contribution in [0, 0.1) is 0 Å². The Kier molecular flexibility index (Phi) is 8.76. The van der Waals surface area contributed by atoms with Gasteiger partial charge in [0.15, 0.2) is 6.04 Å². The largest absolute Gasteiger partial charge is 0.480 e. The van der Waals surface area contributed by atoms with Crippen molar-refractivity contribution in [2.75, 3.05) is 6.61 Å². The summed E-state index contributed by atoms with van der Waals surface area (Å²) in [6, 6.07) is 23.1. The molecule has 1 aliphatic carbocycles. The molecule has 198 valence electrons. The highest BCUT2D eigenvalue weighted by molar-refractivity contribution is 5.89. The maximum absolute atomic E-state index is 12.9. The van der Waals surface area contributed by atoms with Crippen LogP contribution in [0.5, 0.6) is 0 Å². The summed E-state index contributed by atoms with van der Waals surface area (Å²) >= 11 is 0. The molecule has 38 heavy (non-hydrogen) atoms.